The highest BCUT2D eigenvalue weighted by atomic mass is 16.6. The van der Waals surface area contributed by atoms with Gasteiger partial charge in [0.25, 0.3) is 0 Å². The fourth-order valence-corrected chi connectivity index (χ4v) is 0.539. The van der Waals surface area contributed by atoms with Gasteiger partial charge in [-0.1, -0.05) is 0 Å². The van der Waals surface area contributed by atoms with Gasteiger partial charge in [0.05, 0.1) is 13.7 Å². The van der Waals surface area contributed by atoms with Crippen molar-refractivity contribution >= 4 is 6.09 Å². The number of amides is 1. The van der Waals surface area contributed by atoms with Crippen LogP contribution in [0.4, 0.5) is 4.79 Å². The Morgan fingerprint density at radius 1 is 1.50 bits per heavy atom. The summed E-state index contributed by atoms with van der Waals surface area (Å²) in [6.07, 6.45) is -0.431. The summed E-state index contributed by atoms with van der Waals surface area (Å²) in [6.45, 7) is 6.23. The molecule has 0 unspecified atom stereocenters. The molecule has 0 atom stereocenters. The van der Waals surface area contributed by atoms with Gasteiger partial charge in [0.15, 0.2) is 0 Å². The zero-order chi connectivity index (χ0) is 9.61. The minimum atomic E-state index is -0.449. The summed E-state index contributed by atoms with van der Waals surface area (Å²) in [6, 6.07) is 0. The quantitative estimate of drug-likeness (QED) is 0.656. The first kappa shape index (κ1) is 11.2. The number of hydrogen-bond acceptors (Lipinski definition) is 3. The second-order valence-corrected chi connectivity index (χ2v) is 3.34. The Labute approximate surface area is 73.2 Å². The SMILES string of the molecule is [CH2]OCCNC(=O)OC(C)(C)C. The molecule has 0 aliphatic heterocycles. The van der Waals surface area contributed by atoms with E-state index in [1.807, 2.05) is 20.8 Å². The van der Waals surface area contributed by atoms with E-state index in [2.05, 4.69) is 17.2 Å². The van der Waals surface area contributed by atoms with Crippen molar-refractivity contribution in [1.29, 1.82) is 0 Å². The monoisotopic (exact) mass is 174 g/mol. The molecule has 0 aromatic heterocycles. The minimum absolute atomic E-state index is 0.388. The van der Waals surface area contributed by atoms with Gasteiger partial charge in [-0.25, -0.2) is 4.79 Å². The Morgan fingerprint density at radius 2 is 2.08 bits per heavy atom. The normalized spacial score (nSPS) is 11.0. The lowest BCUT2D eigenvalue weighted by Crippen LogP contribution is -2.34. The van der Waals surface area contributed by atoms with Crippen LogP contribution in [0, 0.1) is 7.11 Å². The van der Waals surface area contributed by atoms with Crippen molar-refractivity contribution in [2.75, 3.05) is 13.2 Å². The number of hydrogen-bond donors (Lipinski definition) is 1. The predicted octanol–water partition coefficient (Wildman–Crippen LogP) is 1.32. The molecule has 0 aliphatic rings. The van der Waals surface area contributed by atoms with E-state index in [0.29, 0.717) is 13.2 Å². The van der Waals surface area contributed by atoms with Crippen molar-refractivity contribution in [3.05, 3.63) is 7.11 Å². The van der Waals surface area contributed by atoms with Gasteiger partial charge in [-0.3, -0.25) is 0 Å². The number of rotatable bonds is 3. The van der Waals surface area contributed by atoms with Gasteiger partial charge in [0, 0.05) is 6.54 Å². The molecular formula is C8H16NO3. The van der Waals surface area contributed by atoms with Crippen LogP contribution in [0.3, 0.4) is 0 Å². The summed E-state index contributed by atoms with van der Waals surface area (Å²) in [5.41, 5.74) is -0.449. The van der Waals surface area contributed by atoms with Crippen molar-refractivity contribution in [2.45, 2.75) is 26.4 Å². The highest BCUT2D eigenvalue weighted by molar-refractivity contribution is 5.67. The van der Waals surface area contributed by atoms with Crippen molar-refractivity contribution < 1.29 is 14.3 Å². The molecule has 0 aromatic rings. The lowest BCUT2D eigenvalue weighted by molar-refractivity contribution is 0.0515. The average Bonchev–Trinajstić information content (AvgIpc) is 1.84. The van der Waals surface area contributed by atoms with Crippen molar-refractivity contribution in [1.82, 2.24) is 5.32 Å². The van der Waals surface area contributed by atoms with Gasteiger partial charge in [0.1, 0.15) is 5.60 Å². The first-order chi connectivity index (χ1) is 5.45. The molecule has 1 amide bonds. The van der Waals surface area contributed by atoms with Gasteiger partial charge in [-0.05, 0) is 20.8 Å². The fourth-order valence-electron chi connectivity index (χ4n) is 0.539. The lowest BCUT2D eigenvalue weighted by atomic mass is 10.2. The van der Waals surface area contributed by atoms with Gasteiger partial charge in [-0.15, -0.1) is 0 Å². The third-order valence-corrected chi connectivity index (χ3v) is 0.915. The largest absolute Gasteiger partial charge is 0.444 e. The molecular weight excluding hydrogens is 158 g/mol. The molecule has 0 aliphatic carbocycles. The van der Waals surface area contributed by atoms with Crippen LogP contribution < -0.4 is 5.32 Å². The Hall–Kier alpha value is -0.770. The summed E-state index contributed by atoms with van der Waals surface area (Å²) < 4.78 is 9.46. The molecule has 1 radical (unpaired) electrons. The molecule has 4 nitrogen and oxygen atoms in total. The summed E-state index contributed by atoms with van der Waals surface area (Å²) in [4.78, 5) is 10.9. The van der Waals surface area contributed by atoms with Gasteiger partial charge in [-0.2, -0.15) is 0 Å². The second kappa shape index (κ2) is 4.98. The summed E-state index contributed by atoms with van der Waals surface area (Å²) in [5.74, 6) is 0. The Kier molecular flexibility index (Phi) is 4.66. The van der Waals surface area contributed by atoms with Crippen LogP contribution >= 0.6 is 0 Å². The van der Waals surface area contributed by atoms with E-state index in [9.17, 15) is 4.79 Å². The van der Waals surface area contributed by atoms with Crippen LogP contribution in [0.2, 0.25) is 0 Å². The number of carbonyl (C=O) groups is 1. The lowest BCUT2D eigenvalue weighted by Gasteiger charge is -2.19. The van der Waals surface area contributed by atoms with E-state index < -0.39 is 11.7 Å². The van der Waals surface area contributed by atoms with Crippen LogP contribution in [0.5, 0.6) is 0 Å². The van der Waals surface area contributed by atoms with Crippen molar-refractivity contribution in [3.63, 3.8) is 0 Å². The molecule has 4 heteroatoms. The number of carbonyl (C=O) groups excluding carboxylic acids is 1. The van der Waals surface area contributed by atoms with Crippen LogP contribution in [0.15, 0.2) is 0 Å². The smallest absolute Gasteiger partial charge is 0.407 e. The molecule has 0 bridgehead atoms. The molecule has 0 saturated heterocycles. The first-order valence-corrected chi connectivity index (χ1v) is 3.79. The molecule has 71 valence electrons. The molecule has 0 aromatic carbocycles. The van der Waals surface area contributed by atoms with Gasteiger partial charge < -0.3 is 14.8 Å². The topological polar surface area (TPSA) is 47.6 Å². The standard InChI is InChI=1S/C8H16NO3/c1-8(2,3)12-7(10)9-5-6-11-4/h4-6H2,1-3H3,(H,9,10). The molecule has 0 saturated carbocycles. The maximum Gasteiger partial charge on any atom is 0.407 e. The molecule has 0 fully saturated rings. The third kappa shape index (κ3) is 7.34. The summed E-state index contributed by atoms with van der Waals surface area (Å²) in [7, 11) is 3.16. The molecule has 0 spiro atoms. The zero-order valence-corrected chi connectivity index (χ0v) is 7.85. The maximum atomic E-state index is 10.9. The first-order valence-electron chi connectivity index (χ1n) is 3.79. The number of ether oxygens (including phenoxy) is 2. The molecule has 0 rings (SSSR count). The average molecular weight is 174 g/mol. The van der Waals surface area contributed by atoms with E-state index in [1.54, 1.807) is 0 Å². The van der Waals surface area contributed by atoms with Crippen molar-refractivity contribution in [2.24, 2.45) is 0 Å². The van der Waals surface area contributed by atoms with Crippen molar-refractivity contribution in [3.8, 4) is 0 Å². The van der Waals surface area contributed by atoms with Crippen LogP contribution in [-0.2, 0) is 9.47 Å². The summed E-state index contributed by atoms with van der Waals surface area (Å²) >= 11 is 0. The van der Waals surface area contributed by atoms with E-state index in [0.717, 1.165) is 0 Å². The molecule has 0 heterocycles. The Bertz CT molecular complexity index is 140. The fraction of sp³-hybridized carbons (Fsp3) is 0.750. The number of alkyl carbamates (subject to hydrolysis) is 1. The van der Waals surface area contributed by atoms with E-state index in [-0.39, 0.29) is 0 Å². The predicted molar refractivity (Wildman–Crippen MR) is 45.5 cm³/mol. The van der Waals surface area contributed by atoms with Crippen LogP contribution in [0.1, 0.15) is 20.8 Å². The number of nitrogens with one attached hydrogen (secondary N) is 1. The Balaban J connectivity index is 3.47. The minimum Gasteiger partial charge on any atom is -0.444 e. The molecule has 1 N–H and O–H groups in total. The maximum absolute atomic E-state index is 10.9. The third-order valence-electron chi connectivity index (χ3n) is 0.915. The highest BCUT2D eigenvalue weighted by Crippen LogP contribution is 2.05. The van der Waals surface area contributed by atoms with Crippen LogP contribution in [-0.4, -0.2) is 24.8 Å². The van der Waals surface area contributed by atoms with Gasteiger partial charge in [0.2, 0.25) is 0 Å². The van der Waals surface area contributed by atoms with E-state index in [4.69, 9.17) is 4.74 Å². The van der Waals surface area contributed by atoms with E-state index in [1.165, 1.54) is 0 Å². The van der Waals surface area contributed by atoms with Crippen LogP contribution in [0.25, 0.3) is 0 Å². The van der Waals surface area contributed by atoms with E-state index >= 15 is 0 Å². The van der Waals surface area contributed by atoms with Gasteiger partial charge >= 0.3 is 6.09 Å². The second-order valence-electron chi connectivity index (χ2n) is 3.34. The zero-order valence-electron chi connectivity index (χ0n) is 7.85. The molecule has 12 heavy (non-hydrogen) atoms. The summed E-state index contributed by atoms with van der Waals surface area (Å²) in [5, 5.41) is 2.51. The Morgan fingerprint density at radius 3 is 2.50 bits per heavy atom. The highest BCUT2D eigenvalue weighted by Gasteiger charge is 2.15.